The molecule has 0 fully saturated rings. The number of aliphatic imine (C=N–C) groups is 1. The minimum atomic E-state index is 0. The van der Waals surface area contributed by atoms with Gasteiger partial charge in [-0.1, -0.05) is 60.7 Å². The lowest BCUT2D eigenvalue weighted by atomic mass is 10.1. The van der Waals surface area contributed by atoms with Crippen LogP contribution in [0.15, 0.2) is 65.7 Å². The van der Waals surface area contributed by atoms with E-state index in [1.54, 1.807) is 0 Å². The van der Waals surface area contributed by atoms with Crippen molar-refractivity contribution in [2.24, 2.45) is 4.99 Å². The number of hydrogen-bond donors (Lipinski definition) is 2. The molecule has 0 saturated carbocycles. The van der Waals surface area contributed by atoms with Gasteiger partial charge in [-0.15, -0.1) is 24.0 Å². The zero-order chi connectivity index (χ0) is 14.8. The van der Waals surface area contributed by atoms with Crippen LogP contribution in [0, 0.1) is 0 Å². The molecular formula is C18H24IN3. The number of halogens is 1. The molecule has 3 nitrogen and oxygen atoms in total. The van der Waals surface area contributed by atoms with Gasteiger partial charge in [-0.25, -0.2) is 4.99 Å². The van der Waals surface area contributed by atoms with Crippen LogP contribution in [0.2, 0.25) is 0 Å². The monoisotopic (exact) mass is 409 g/mol. The van der Waals surface area contributed by atoms with Crippen LogP contribution in [0.25, 0.3) is 0 Å². The first kappa shape index (κ1) is 18.5. The molecule has 22 heavy (non-hydrogen) atoms. The van der Waals surface area contributed by atoms with E-state index in [0.717, 1.165) is 25.5 Å². The van der Waals surface area contributed by atoms with Crippen LogP contribution in [0.1, 0.15) is 18.1 Å². The Labute approximate surface area is 150 Å². The minimum absolute atomic E-state index is 0. The summed E-state index contributed by atoms with van der Waals surface area (Å²) < 4.78 is 0. The SMILES string of the molecule is CCNC(=NCc1ccccc1)NCCc1ccccc1.I. The predicted octanol–water partition coefficient (Wildman–Crippen LogP) is 3.60. The van der Waals surface area contributed by atoms with E-state index in [2.05, 4.69) is 58.9 Å². The molecule has 2 rings (SSSR count). The van der Waals surface area contributed by atoms with Crippen LogP contribution < -0.4 is 10.6 Å². The Bertz CT molecular complexity index is 541. The van der Waals surface area contributed by atoms with Gasteiger partial charge in [-0.05, 0) is 24.5 Å². The van der Waals surface area contributed by atoms with Gasteiger partial charge in [0.25, 0.3) is 0 Å². The molecule has 118 valence electrons. The molecule has 0 heterocycles. The average molecular weight is 409 g/mol. The Morgan fingerprint density at radius 2 is 1.45 bits per heavy atom. The van der Waals surface area contributed by atoms with Crippen LogP contribution in [0.3, 0.4) is 0 Å². The van der Waals surface area contributed by atoms with Crippen LogP contribution in [0.4, 0.5) is 0 Å². The zero-order valence-corrected chi connectivity index (χ0v) is 15.3. The third kappa shape index (κ3) is 6.93. The third-order valence-corrected chi connectivity index (χ3v) is 3.16. The first-order valence-corrected chi connectivity index (χ1v) is 7.48. The summed E-state index contributed by atoms with van der Waals surface area (Å²) in [6, 6.07) is 20.8. The van der Waals surface area contributed by atoms with Gasteiger partial charge >= 0.3 is 0 Å². The van der Waals surface area contributed by atoms with E-state index < -0.39 is 0 Å². The molecule has 4 heteroatoms. The van der Waals surface area contributed by atoms with E-state index >= 15 is 0 Å². The Morgan fingerprint density at radius 3 is 2.05 bits per heavy atom. The Kier molecular flexibility index (Phi) is 9.30. The zero-order valence-electron chi connectivity index (χ0n) is 13.0. The van der Waals surface area contributed by atoms with Gasteiger partial charge in [0.2, 0.25) is 0 Å². The summed E-state index contributed by atoms with van der Waals surface area (Å²) in [4.78, 5) is 4.61. The second-order valence-electron chi connectivity index (χ2n) is 4.84. The smallest absolute Gasteiger partial charge is 0.191 e. The summed E-state index contributed by atoms with van der Waals surface area (Å²) >= 11 is 0. The highest BCUT2D eigenvalue weighted by Crippen LogP contribution is 2.00. The molecule has 0 aliphatic rings. The Morgan fingerprint density at radius 1 is 0.864 bits per heavy atom. The van der Waals surface area contributed by atoms with Crippen molar-refractivity contribution in [3.63, 3.8) is 0 Å². The maximum Gasteiger partial charge on any atom is 0.191 e. The highest BCUT2D eigenvalue weighted by atomic mass is 127. The molecule has 2 N–H and O–H groups in total. The number of nitrogens with zero attached hydrogens (tertiary/aromatic N) is 1. The number of benzene rings is 2. The average Bonchev–Trinajstić information content (AvgIpc) is 2.54. The molecular weight excluding hydrogens is 385 g/mol. The topological polar surface area (TPSA) is 36.4 Å². The molecule has 0 amide bonds. The first-order valence-electron chi connectivity index (χ1n) is 7.48. The maximum absolute atomic E-state index is 4.61. The quantitative estimate of drug-likeness (QED) is 0.435. The van der Waals surface area contributed by atoms with E-state index in [4.69, 9.17) is 0 Å². The van der Waals surface area contributed by atoms with Gasteiger partial charge < -0.3 is 10.6 Å². The number of rotatable bonds is 6. The molecule has 0 aromatic heterocycles. The molecule has 0 aliphatic heterocycles. The lowest BCUT2D eigenvalue weighted by Crippen LogP contribution is -2.38. The van der Waals surface area contributed by atoms with Crippen molar-refractivity contribution in [2.75, 3.05) is 13.1 Å². The first-order chi connectivity index (χ1) is 10.4. The van der Waals surface area contributed by atoms with E-state index in [-0.39, 0.29) is 24.0 Å². The molecule has 2 aromatic rings. The van der Waals surface area contributed by atoms with E-state index in [9.17, 15) is 0 Å². The van der Waals surface area contributed by atoms with Crippen LogP contribution in [0.5, 0.6) is 0 Å². The molecule has 0 aliphatic carbocycles. The van der Waals surface area contributed by atoms with Crippen molar-refractivity contribution < 1.29 is 0 Å². The van der Waals surface area contributed by atoms with Crippen molar-refractivity contribution in [3.8, 4) is 0 Å². The van der Waals surface area contributed by atoms with Crippen molar-refractivity contribution >= 4 is 29.9 Å². The fraction of sp³-hybridized carbons (Fsp3) is 0.278. The predicted molar refractivity (Wildman–Crippen MR) is 105 cm³/mol. The van der Waals surface area contributed by atoms with Crippen LogP contribution in [-0.4, -0.2) is 19.0 Å². The summed E-state index contributed by atoms with van der Waals surface area (Å²) in [6.45, 7) is 4.52. The molecule has 0 radical (unpaired) electrons. The van der Waals surface area contributed by atoms with Crippen molar-refractivity contribution in [3.05, 3.63) is 71.8 Å². The maximum atomic E-state index is 4.61. The number of nitrogens with one attached hydrogen (secondary N) is 2. The molecule has 0 bridgehead atoms. The van der Waals surface area contributed by atoms with Gasteiger partial charge in [0.1, 0.15) is 0 Å². The van der Waals surface area contributed by atoms with E-state index in [1.165, 1.54) is 11.1 Å². The molecule has 2 aromatic carbocycles. The normalized spacial score (nSPS) is 10.7. The summed E-state index contributed by atoms with van der Waals surface area (Å²) in [7, 11) is 0. The summed E-state index contributed by atoms with van der Waals surface area (Å²) in [6.07, 6.45) is 0.997. The fourth-order valence-corrected chi connectivity index (χ4v) is 2.07. The van der Waals surface area contributed by atoms with Gasteiger partial charge in [0, 0.05) is 13.1 Å². The van der Waals surface area contributed by atoms with Gasteiger partial charge in [-0.3, -0.25) is 0 Å². The van der Waals surface area contributed by atoms with E-state index in [0.29, 0.717) is 6.54 Å². The largest absolute Gasteiger partial charge is 0.357 e. The second-order valence-corrected chi connectivity index (χ2v) is 4.84. The van der Waals surface area contributed by atoms with Crippen LogP contribution >= 0.6 is 24.0 Å². The van der Waals surface area contributed by atoms with Crippen LogP contribution in [-0.2, 0) is 13.0 Å². The van der Waals surface area contributed by atoms with Crippen molar-refractivity contribution in [1.82, 2.24) is 10.6 Å². The number of hydrogen-bond acceptors (Lipinski definition) is 1. The van der Waals surface area contributed by atoms with Gasteiger partial charge in [0.05, 0.1) is 6.54 Å². The molecule has 0 atom stereocenters. The summed E-state index contributed by atoms with van der Waals surface area (Å²) in [5.74, 6) is 0.872. The van der Waals surface area contributed by atoms with E-state index in [1.807, 2.05) is 24.3 Å². The van der Waals surface area contributed by atoms with Gasteiger partial charge in [-0.2, -0.15) is 0 Å². The minimum Gasteiger partial charge on any atom is -0.357 e. The summed E-state index contributed by atoms with van der Waals surface area (Å²) in [5.41, 5.74) is 2.56. The van der Waals surface area contributed by atoms with Gasteiger partial charge in [0.15, 0.2) is 5.96 Å². The lowest BCUT2D eigenvalue weighted by molar-refractivity contribution is 0.799. The van der Waals surface area contributed by atoms with Crippen molar-refractivity contribution in [2.45, 2.75) is 19.9 Å². The number of guanidine groups is 1. The molecule has 0 saturated heterocycles. The Balaban J connectivity index is 0.00000242. The second kappa shape index (κ2) is 11.1. The highest BCUT2D eigenvalue weighted by Gasteiger charge is 1.97. The standard InChI is InChI=1S/C18H23N3.HI/c1-2-19-18(21-15-17-11-7-4-8-12-17)20-14-13-16-9-5-3-6-10-16;/h3-12H,2,13-15H2,1H3,(H2,19,20,21);1H. The van der Waals surface area contributed by atoms with Crippen molar-refractivity contribution in [1.29, 1.82) is 0 Å². The third-order valence-electron chi connectivity index (χ3n) is 3.16. The Hall–Kier alpha value is -1.56. The summed E-state index contributed by atoms with van der Waals surface area (Å²) in [5, 5.41) is 6.66. The highest BCUT2D eigenvalue weighted by molar-refractivity contribution is 14.0. The fourth-order valence-electron chi connectivity index (χ4n) is 2.07. The molecule has 0 spiro atoms. The molecule has 0 unspecified atom stereocenters. The lowest BCUT2D eigenvalue weighted by Gasteiger charge is -2.11.